The van der Waals surface area contributed by atoms with Gasteiger partial charge in [0.2, 0.25) is 11.8 Å². The molecule has 1 heterocycles. The highest BCUT2D eigenvalue weighted by molar-refractivity contribution is 5.96. The number of carbonyl (C=O) groups is 2. The fourth-order valence-electron chi connectivity index (χ4n) is 2.04. The maximum Gasteiger partial charge on any atom is 0.245 e. The molecule has 1 saturated heterocycles. The van der Waals surface area contributed by atoms with E-state index in [1.54, 1.807) is 11.8 Å². The lowest BCUT2D eigenvalue weighted by molar-refractivity contribution is -0.149. The lowest BCUT2D eigenvalue weighted by Crippen LogP contribution is -2.62. The quantitative estimate of drug-likeness (QED) is 0.813. The van der Waals surface area contributed by atoms with Gasteiger partial charge in [-0.2, -0.15) is 0 Å². The molecule has 1 rings (SSSR count). The third-order valence-corrected chi connectivity index (χ3v) is 3.18. The smallest absolute Gasteiger partial charge is 0.245 e. The highest BCUT2D eigenvalue weighted by Gasteiger charge is 2.37. The Labute approximate surface area is 104 Å². The highest BCUT2D eigenvalue weighted by Crippen LogP contribution is 2.21. The summed E-state index contributed by atoms with van der Waals surface area (Å²) < 4.78 is 0. The second-order valence-corrected chi connectivity index (χ2v) is 6.00. The Bertz CT molecular complexity index is 307. The van der Waals surface area contributed by atoms with Gasteiger partial charge < -0.3 is 10.2 Å². The molecule has 0 aromatic heterocycles. The topological polar surface area (TPSA) is 49.4 Å². The number of hydrogen-bond donors (Lipinski definition) is 1. The molecule has 1 aliphatic heterocycles. The van der Waals surface area contributed by atoms with Crippen LogP contribution in [-0.4, -0.2) is 35.3 Å². The van der Waals surface area contributed by atoms with Crippen LogP contribution < -0.4 is 5.32 Å². The zero-order chi connectivity index (χ0) is 13.2. The van der Waals surface area contributed by atoms with Crippen LogP contribution in [0.25, 0.3) is 0 Å². The van der Waals surface area contributed by atoms with Crippen molar-refractivity contribution >= 4 is 11.8 Å². The first-order valence-electron chi connectivity index (χ1n) is 6.37. The Morgan fingerprint density at radius 1 is 1.29 bits per heavy atom. The molecule has 1 fully saturated rings. The van der Waals surface area contributed by atoms with Crippen molar-refractivity contribution in [3.63, 3.8) is 0 Å². The molecule has 0 aliphatic carbocycles. The molecule has 0 bridgehead atoms. The summed E-state index contributed by atoms with van der Waals surface area (Å²) in [6.45, 7) is 10.8. The van der Waals surface area contributed by atoms with Gasteiger partial charge in [0.15, 0.2) is 0 Å². The molecule has 1 aliphatic rings. The van der Waals surface area contributed by atoms with Crippen LogP contribution in [0.3, 0.4) is 0 Å². The van der Waals surface area contributed by atoms with Crippen LogP contribution >= 0.6 is 0 Å². The molecule has 1 N–H and O–H groups in total. The lowest BCUT2D eigenvalue weighted by atomic mass is 9.91. The standard InChI is InChI=1S/C13H24N2O2/c1-6-10-11(16)14-9(2)12(17)15(10)8-7-13(3,4)5/h9-10H,6-8H2,1-5H3,(H,14,16). The summed E-state index contributed by atoms with van der Waals surface area (Å²) in [5.41, 5.74) is 0.176. The van der Waals surface area contributed by atoms with Gasteiger partial charge in [0.05, 0.1) is 0 Å². The Morgan fingerprint density at radius 2 is 1.88 bits per heavy atom. The van der Waals surface area contributed by atoms with Crippen LogP contribution in [0.2, 0.25) is 0 Å². The second-order valence-electron chi connectivity index (χ2n) is 6.00. The molecular weight excluding hydrogens is 216 g/mol. The Kier molecular flexibility index (Phi) is 4.17. The van der Waals surface area contributed by atoms with E-state index in [1.807, 2.05) is 6.92 Å². The summed E-state index contributed by atoms with van der Waals surface area (Å²) in [7, 11) is 0. The lowest BCUT2D eigenvalue weighted by Gasteiger charge is -2.38. The number of rotatable bonds is 3. The van der Waals surface area contributed by atoms with Crippen molar-refractivity contribution in [2.24, 2.45) is 5.41 Å². The summed E-state index contributed by atoms with van der Waals surface area (Å²) in [4.78, 5) is 25.6. The molecule has 4 heteroatoms. The van der Waals surface area contributed by atoms with Gasteiger partial charge in [-0.25, -0.2) is 0 Å². The molecule has 98 valence electrons. The Hall–Kier alpha value is -1.06. The summed E-state index contributed by atoms with van der Waals surface area (Å²) >= 11 is 0. The second kappa shape index (κ2) is 5.07. The van der Waals surface area contributed by atoms with Crippen molar-refractivity contribution in [1.82, 2.24) is 10.2 Å². The van der Waals surface area contributed by atoms with Gasteiger partial charge in [-0.1, -0.05) is 27.7 Å². The van der Waals surface area contributed by atoms with E-state index in [0.717, 1.165) is 6.42 Å². The van der Waals surface area contributed by atoms with E-state index in [0.29, 0.717) is 13.0 Å². The van der Waals surface area contributed by atoms with E-state index in [2.05, 4.69) is 26.1 Å². The molecule has 0 aromatic carbocycles. The summed E-state index contributed by atoms with van der Waals surface area (Å²) in [6, 6.07) is -0.675. The zero-order valence-corrected chi connectivity index (χ0v) is 11.5. The van der Waals surface area contributed by atoms with E-state index in [-0.39, 0.29) is 29.3 Å². The molecule has 0 saturated carbocycles. The summed E-state index contributed by atoms with van der Waals surface area (Å²) in [5.74, 6) is 0.0224. The van der Waals surface area contributed by atoms with Crippen LogP contribution in [0, 0.1) is 5.41 Å². The number of hydrogen-bond acceptors (Lipinski definition) is 2. The number of piperazine rings is 1. The van der Waals surface area contributed by atoms with E-state index >= 15 is 0 Å². The van der Waals surface area contributed by atoms with Crippen molar-refractivity contribution in [3.05, 3.63) is 0 Å². The molecular formula is C13H24N2O2. The maximum atomic E-state index is 12.1. The maximum absolute atomic E-state index is 12.1. The zero-order valence-electron chi connectivity index (χ0n) is 11.5. The van der Waals surface area contributed by atoms with Gasteiger partial charge in [-0.15, -0.1) is 0 Å². The Balaban J connectivity index is 2.76. The van der Waals surface area contributed by atoms with Gasteiger partial charge in [0.1, 0.15) is 12.1 Å². The summed E-state index contributed by atoms with van der Waals surface area (Å²) in [5, 5.41) is 2.73. The molecule has 17 heavy (non-hydrogen) atoms. The summed E-state index contributed by atoms with van der Waals surface area (Å²) in [6.07, 6.45) is 1.59. The van der Waals surface area contributed by atoms with Crippen molar-refractivity contribution < 1.29 is 9.59 Å². The van der Waals surface area contributed by atoms with E-state index in [1.165, 1.54) is 0 Å². The fourth-order valence-corrected chi connectivity index (χ4v) is 2.04. The number of carbonyl (C=O) groups excluding carboxylic acids is 2. The minimum absolute atomic E-state index is 0.0199. The average Bonchev–Trinajstić information content (AvgIpc) is 2.19. The van der Waals surface area contributed by atoms with Crippen LogP contribution in [0.1, 0.15) is 47.5 Å². The molecule has 2 unspecified atom stereocenters. The number of amides is 2. The number of nitrogens with one attached hydrogen (secondary N) is 1. The molecule has 0 radical (unpaired) electrons. The monoisotopic (exact) mass is 240 g/mol. The van der Waals surface area contributed by atoms with Gasteiger partial charge in [-0.05, 0) is 25.2 Å². The van der Waals surface area contributed by atoms with E-state index in [9.17, 15) is 9.59 Å². The van der Waals surface area contributed by atoms with Crippen molar-refractivity contribution in [3.8, 4) is 0 Å². The van der Waals surface area contributed by atoms with Gasteiger partial charge in [0.25, 0.3) is 0 Å². The van der Waals surface area contributed by atoms with Gasteiger partial charge >= 0.3 is 0 Å². The SMILES string of the molecule is CCC1C(=O)NC(C)C(=O)N1CCC(C)(C)C. The first-order chi connectivity index (χ1) is 7.76. The minimum Gasteiger partial charge on any atom is -0.343 e. The molecule has 0 spiro atoms. The van der Waals surface area contributed by atoms with Crippen LogP contribution in [0.5, 0.6) is 0 Å². The average molecular weight is 240 g/mol. The van der Waals surface area contributed by atoms with Crippen LogP contribution in [-0.2, 0) is 9.59 Å². The van der Waals surface area contributed by atoms with Crippen LogP contribution in [0.15, 0.2) is 0 Å². The highest BCUT2D eigenvalue weighted by atomic mass is 16.2. The predicted molar refractivity (Wildman–Crippen MR) is 67.5 cm³/mol. The van der Waals surface area contributed by atoms with E-state index < -0.39 is 0 Å². The van der Waals surface area contributed by atoms with Crippen molar-refractivity contribution in [1.29, 1.82) is 0 Å². The Morgan fingerprint density at radius 3 is 2.35 bits per heavy atom. The largest absolute Gasteiger partial charge is 0.343 e. The first kappa shape index (κ1) is 14.0. The fraction of sp³-hybridized carbons (Fsp3) is 0.846. The first-order valence-corrected chi connectivity index (χ1v) is 6.37. The van der Waals surface area contributed by atoms with Crippen molar-refractivity contribution in [2.75, 3.05) is 6.54 Å². The predicted octanol–water partition coefficient (Wildman–Crippen LogP) is 1.55. The van der Waals surface area contributed by atoms with Gasteiger partial charge in [0, 0.05) is 6.54 Å². The normalized spacial score (nSPS) is 26.1. The minimum atomic E-state index is -0.384. The van der Waals surface area contributed by atoms with Gasteiger partial charge in [-0.3, -0.25) is 9.59 Å². The third-order valence-electron chi connectivity index (χ3n) is 3.18. The van der Waals surface area contributed by atoms with Crippen molar-refractivity contribution in [2.45, 2.75) is 59.5 Å². The van der Waals surface area contributed by atoms with Crippen LogP contribution in [0.4, 0.5) is 0 Å². The molecule has 2 atom stereocenters. The molecule has 4 nitrogen and oxygen atoms in total. The molecule has 0 aromatic rings. The number of nitrogens with zero attached hydrogens (tertiary/aromatic N) is 1. The van der Waals surface area contributed by atoms with E-state index in [4.69, 9.17) is 0 Å². The molecule has 2 amide bonds. The third kappa shape index (κ3) is 3.45.